The number of aromatic nitrogens is 5. The van der Waals surface area contributed by atoms with Crippen LogP contribution < -0.4 is 10.5 Å². The zero-order valence-corrected chi connectivity index (χ0v) is 20.5. The van der Waals surface area contributed by atoms with E-state index in [9.17, 15) is 18.0 Å². The highest BCUT2D eigenvalue weighted by Crippen LogP contribution is 2.33. The Hall–Kier alpha value is -3.51. The average Bonchev–Trinajstić information content (AvgIpc) is 3.27. The summed E-state index contributed by atoms with van der Waals surface area (Å²) in [6.45, 7) is 0.992. The van der Waals surface area contributed by atoms with Crippen molar-refractivity contribution in [2.75, 3.05) is 24.6 Å². The minimum Gasteiger partial charge on any atom is -0.370 e. The van der Waals surface area contributed by atoms with E-state index in [0.29, 0.717) is 30.1 Å². The molecule has 0 amide bonds. The molecule has 4 aromatic rings. The van der Waals surface area contributed by atoms with E-state index in [2.05, 4.69) is 15.1 Å². The summed E-state index contributed by atoms with van der Waals surface area (Å²) in [6.07, 6.45) is -1.43. The molecule has 4 heterocycles. The van der Waals surface area contributed by atoms with Crippen molar-refractivity contribution < 1.29 is 22.3 Å². The van der Waals surface area contributed by atoms with Crippen molar-refractivity contribution in [1.82, 2.24) is 24.3 Å². The molecule has 1 fully saturated rings. The first-order chi connectivity index (χ1) is 17.5. The van der Waals surface area contributed by atoms with E-state index in [4.69, 9.17) is 16.3 Å². The number of alkyl halides is 3. The third kappa shape index (κ3) is 5.03. The summed E-state index contributed by atoms with van der Waals surface area (Å²) in [5, 5.41) is 4.09. The minimum atomic E-state index is -4.65. The van der Waals surface area contributed by atoms with E-state index in [1.807, 2.05) is 11.1 Å². The number of morpholine rings is 1. The Kier molecular flexibility index (Phi) is 6.40. The Balaban J connectivity index is 1.69. The van der Waals surface area contributed by atoms with Crippen LogP contribution in [-0.4, -0.2) is 50.2 Å². The number of hydrogen-bond donors (Lipinski definition) is 0. The van der Waals surface area contributed by atoms with Gasteiger partial charge in [-0.25, -0.2) is 14.4 Å². The lowest BCUT2D eigenvalue weighted by Crippen LogP contribution is -2.39. The molecule has 0 unspecified atom stereocenters. The fourth-order valence-electron chi connectivity index (χ4n) is 4.40. The number of hydrogen-bond acceptors (Lipinski definition) is 6. The minimum absolute atomic E-state index is 0.0744. The van der Waals surface area contributed by atoms with Gasteiger partial charge in [0.2, 0.25) is 0 Å². The molecule has 5 rings (SSSR count). The third-order valence-electron chi connectivity index (χ3n) is 6.13. The van der Waals surface area contributed by atoms with Gasteiger partial charge in [-0.15, -0.1) is 0 Å². The molecule has 1 aliphatic heterocycles. The standard InChI is InChI=1S/C24H21ClF4N6O2/c1-13-31-18-8-20(34-5-6-37-19(11-34)14-9-30-33(2)10-14)32-22(16-4-3-15(25)7-17(16)26)21(18)23(36)35(13)12-24(27,28)29/h3-4,7-10,19H,5-6,11-12H2,1-2H3/t19-/m1/s1. The molecule has 37 heavy (non-hydrogen) atoms. The van der Waals surface area contributed by atoms with E-state index < -0.39 is 24.1 Å². The van der Waals surface area contributed by atoms with Crippen LogP contribution in [0.4, 0.5) is 23.4 Å². The second kappa shape index (κ2) is 9.42. The third-order valence-corrected chi connectivity index (χ3v) is 6.36. The zero-order valence-electron chi connectivity index (χ0n) is 19.8. The molecule has 1 saturated heterocycles. The first kappa shape index (κ1) is 25.2. The number of benzene rings is 1. The molecule has 0 N–H and O–H groups in total. The lowest BCUT2D eigenvalue weighted by atomic mass is 10.1. The van der Waals surface area contributed by atoms with E-state index in [1.54, 1.807) is 17.9 Å². The quantitative estimate of drug-likeness (QED) is 0.359. The highest BCUT2D eigenvalue weighted by Gasteiger charge is 2.31. The Morgan fingerprint density at radius 2 is 2.00 bits per heavy atom. The molecule has 1 aromatic carbocycles. The van der Waals surface area contributed by atoms with Crippen molar-refractivity contribution >= 4 is 28.3 Å². The maximum Gasteiger partial charge on any atom is 0.406 e. The van der Waals surface area contributed by atoms with E-state index in [-0.39, 0.29) is 39.1 Å². The molecule has 1 atom stereocenters. The predicted octanol–water partition coefficient (Wildman–Crippen LogP) is 4.43. The number of anilines is 1. The Labute approximate surface area is 213 Å². The molecule has 1 aliphatic rings. The summed E-state index contributed by atoms with van der Waals surface area (Å²) in [5.74, 6) is -0.505. The van der Waals surface area contributed by atoms with Crippen LogP contribution in [0.1, 0.15) is 17.5 Å². The van der Waals surface area contributed by atoms with Crippen molar-refractivity contribution in [2.24, 2.45) is 7.05 Å². The van der Waals surface area contributed by atoms with Gasteiger partial charge in [0.15, 0.2) is 0 Å². The number of aryl methyl sites for hydroxylation is 2. The van der Waals surface area contributed by atoms with Gasteiger partial charge >= 0.3 is 6.18 Å². The molecule has 0 radical (unpaired) electrons. The maximum absolute atomic E-state index is 15.0. The Bertz CT molecular complexity index is 1550. The van der Waals surface area contributed by atoms with Crippen molar-refractivity contribution in [2.45, 2.75) is 25.7 Å². The molecular formula is C24H21ClF4N6O2. The van der Waals surface area contributed by atoms with E-state index in [1.165, 1.54) is 25.1 Å². The van der Waals surface area contributed by atoms with Crippen molar-refractivity contribution in [3.63, 3.8) is 0 Å². The van der Waals surface area contributed by atoms with E-state index in [0.717, 1.165) is 11.6 Å². The predicted molar refractivity (Wildman–Crippen MR) is 129 cm³/mol. The highest BCUT2D eigenvalue weighted by molar-refractivity contribution is 6.30. The molecule has 8 nitrogen and oxygen atoms in total. The number of nitrogens with zero attached hydrogens (tertiary/aromatic N) is 6. The van der Waals surface area contributed by atoms with Crippen molar-refractivity contribution in [1.29, 1.82) is 0 Å². The fraction of sp³-hybridized carbons (Fsp3) is 0.333. The van der Waals surface area contributed by atoms with Gasteiger partial charge in [0.05, 0.1) is 29.4 Å². The summed E-state index contributed by atoms with van der Waals surface area (Å²) in [6, 6.07) is 5.35. The first-order valence-electron chi connectivity index (χ1n) is 11.3. The van der Waals surface area contributed by atoms with Gasteiger partial charge in [0.25, 0.3) is 5.56 Å². The van der Waals surface area contributed by atoms with Crippen LogP contribution in [0.2, 0.25) is 5.02 Å². The van der Waals surface area contributed by atoms with Gasteiger partial charge in [0, 0.05) is 48.5 Å². The summed E-state index contributed by atoms with van der Waals surface area (Å²) in [5.41, 5.74) is -0.173. The van der Waals surface area contributed by atoms with E-state index >= 15 is 4.39 Å². The molecule has 0 spiro atoms. The van der Waals surface area contributed by atoms with Gasteiger partial charge in [0.1, 0.15) is 30.1 Å². The summed E-state index contributed by atoms with van der Waals surface area (Å²) in [7, 11) is 1.79. The number of ether oxygens (including phenoxy) is 1. The second-order valence-electron chi connectivity index (χ2n) is 8.77. The van der Waals surface area contributed by atoms with Crippen LogP contribution in [0.3, 0.4) is 0 Å². The van der Waals surface area contributed by atoms with Crippen LogP contribution >= 0.6 is 11.6 Å². The van der Waals surface area contributed by atoms with Gasteiger partial charge in [-0.1, -0.05) is 11.6 Å². The molecular weight excluding hydrogens is 516 g/mol. The van der Waals surface area contributed by atoms with Crippen LogP contribution in [0.5, 0.6) is 0 Å². The number of fused-ring (bicyclic) bond motifs is 1. The summed E-state index contributed by atoms with van der Waals surface area (Å²) >= 11 is 5.91. The zero-order chi connectivity index (χ0) is 26.5. The topological polar surface area (TPSA) is 78.1 Å². The lowest BCUT2D eigenvalue weighted by molar-refractivity contribution is -0.141. The summed E-state index contributed by atoms with van der Waals surface area (Å²) < 4.78 is 62.8. The second-order valence-corrected chi connectivity index (χ2v) is 9.20. The Morgan fingerprint density at radius 1 is 1.22 bits per heavy atom. The molecule has 0 saturated carbocycles. The fourth-order valence-corrected chi connectivity index (χ4v) is 4.56. The number of halogens is 5. The normalized spacial score (nSPS) is 16.5. The summed E-state index contributed by atoms with van der Waals surface area (Å²) in [4.78, 5) is 24.1. The van der Waals surface area contributed by atoms with Crippen LogP contribution in [0.15, 0.2) is 41.5 Å². The average molecular weight is 537 g/mol. The first-order valence-corrected chi connectivity index (χ1v) is 11.7. The van der Waals surface area contributed by atoms with Crippen LogP contribution in [-0.2, 0) is 18.3 Å². The van der Waals surface area contributed by atoms with Crippen molar-refractivity contribution in [3.8, 4) is 11.3 Å². The maximum atomic E-state index is 15.0. The smallest absolute Gasteiger partial charge is 0.370 e. The molecule has 0 aliphatic carbocycles. The molecule has 3 aromatic heterocycles. The monoisotopic (exact) mass is 536 g/mol. The van der Waals surface area contributed by atoms with Crippen LogP contribution in [0.25, 0.3) is 22.2 Å². The van der Waals surface area contributed by atoms with Gasteiger partial charge in [-0.05, 0) is 25.1 Å². The highest BCUT2D eigenvalue weighted by atomic mass is 35.5. The van der Waals surface area contributed by atoms with Gasteiger partial charge in [-0.2, -0.15) is 18.3 Å². The number of pyridine rings is 1. The largest absolute Gasteiger partial charge is 0.406 e. The number of rotatable bonds is 4. The SMILES string of the molecule is Cc1nc2cc(N3CCO[C@@H](c4cnn(C)c4)C3)nc(-c3ccc(Cl)cc3F)c2c(=O)n1CC(F)(F)F. The van der Waals surface area contributed by atoms with Crippen LogP contribution in [0, 0.1) is 12.7 Å². The molecule has 0 bridgehead atoms. The molecule has 194 valence electrons. The van der Waals surface area contributed by atoms with Gasteiger partial charge < -0.3 is 9.64 Å². The lowest BCUT2D eigenvalue weighted by Gasteiger charge is -2.33. The van der Waals surface area contributed by atoms with Gasteiger partial charge in [-0.3, -0.25) is 14.0 Å². The van der Waals surface area contributed by atoms with Crippen molar-refractivity contribution in [3.05, 3.63) is 69.2 Å². The Morgan fingerprint density at radius 3 is 2.68 bits per heavy atom. The molecule has 13 heteroatoms.